The zero-order valence-electron chi connectivity index (χ0n) is 17.2. The van der Waals surface area contributed by atoms with E-state index in [4.69, 9.17) is 10.5 Å². The van der Waals surface area contributed by atoms with Crippen LogP contribution in [-0.4, -0.2) is 51.1 Å². The van der Waals surface area contributed by atoms with E-state index in [2.05, 4.69) is 20.6 Å². The molecule has 0 aliphatic heterocycles. The number of ether oxygens (including phenoxy) is 1. The molecule has 162 valence electrons. The molecule has 1 amide bonds. The number of nitrogens with one attached hydrogen (secondary N) is 2. The summed E-state index contributed by atoms with van der Waals surface area (Å²) in [5.74, 6) is 0.212. The third-order valence-electron chi connectivity index (χ3n) is 5.74. The Labute approximate surface area is 170 Å². The molecule has 1 heterocycles. The summed E-state index contributed by atoms with van der Waals surface area (Å²) in [7, 11) is 0. The Hall–Kier alpha value is -2.00. The largest absolute Gasteiger partial charge is 0.390 e. The summed E-state index contributed by atoms with van der Waals surface area (Å²) in [6.07, 6.45) is 6.45. The SMILES string of the molecule is CC(F)OC1CCC(Nc2ncc(C(N)=O)c(N[C@@H]3CCC[C@](C)(O)C3)n2)CC1. The van der Waals surface area contributed by atoms with Crippen LogP contribution in [0.3, 0.4) is 0 Å². The first kappa shape index (κ1) is 21.7. The fraction of sp³-hybridized carbons (Fsp3) is 0.750. The first-order valence-corrected chi connectivity index (χ1v) is 10.4. The highest BCUT2D eigenvalue weighted by molar-refractivity contribution is 5.97. The Morgan fingerprint density at radius 2 is 2.03 bits per heavy atom. The van der Waals surface area contributed by atoms with Gasteiger partial charge in [0.25, 0.3) is 5.91 Å². The van der Waals surface area contributed by atoms with Gasteiger partial charge in [-0.05, 0) is 65.2 Å². The van der Waals surface area contributed by atoms with Crippen LogP contribution in [0, 0.1) is 0 Å². The third-order valence-corrected chi connectivity index (χ3v) is 5.74. The van der Waals surface area contributed by atoms with E-state index in [1.807, 2.05) is 6.92 Å². The van der Waals surface area contributed by atoms with Crippen molar-refractivity contribution >= 4 is 17.7 Å². The number of carbonyl (C=O) groups is 1. The number of nitrogens with zero attached hydrogens (tertiary/aromatic N) is 2. The van der Waals surface area contributed by atoms with E-state index in [0.717, 1.165) is 44.9 Å². The maximum Gasteiger partial charge on any atom is 0.254 e. The number of carbonyl (C=O) groups excluding carboxylic acids is 1. The molecule has 0 saturated heterocycles. The summed E-state index contributed by atoms with van der Waals surface area (Å²) in [6, 6.07) is 0.169. The van der Waals surface area contributed by atoms with Crippen molar-refractivity contribution in [1.29, 1.82) is 0 Å². The van der Waals surface area contributed by atoms with Crippen molar-refractivity contribution in [3.05, 3.63) is 11.8 Å². The van der Waals surface area contributed by atoms with Gasteiger partial charge in [-0.2, -0.15) is 4.98 Å². The number of nitrogens with two attached hydrogens (primary N) is 1. The van der Waals surface area contributed by atoms with Gasteiger partial charge in [0.15, 0.2) is 6.36 Å². The minimum Gasteiger partial charge on any atom is -0.390 e. The molecule has 3 atom stereocenters. The number of aliphatic hydroxyl groups is 1. The Morgan fingerprint density at radius 1 is 1.31 bits per heavy atom. The van der Waals surface area contributed by atoms with Crippen molar-refractivity contribution in [1.82, 2.24) is 9.97 Å². The van der Waals surface area contributed by atoms with Crippen molar-refractivity contribution in [3.8, 4) is 0 Å². The zero-order valence-corrected chi connectivity index (χ0v) is 17.2. The summed E-state index contributed by atoms with van der Waals surface area (Å²) in [4.78, 5) is 20.5. The van der Waals surface area contributed by atoms with Crippen molar-refractivity contribution in [2.75, 3.05) is 10.6 Å². The number of hydrogen-bond donors (Lipinski definition) is 4. The van der Waals surface area contributed by atoms with Crippen LogP contribution < -0.4 is 16.4 Å². The molecule has 29 heavy (non-hydrogen) atoms. The molecule has 1 unspecified atom stereocenters. The van der Waals surface area contributed by atoms with Crippen molar-refractivity contribution in [2.24, 2.45) is 5.73 Å². The summed E-state index contributed by atoms with van der Waals surface area (Å²) in [5.41, 5.74) is 4.99. The van der Waals surface area contributed by atoms with Gasteiger partial charge in [-0.15, -0.1) is 0 Å². The van der Waals surface area contributed by atoms with Gasteiger partial charge < -0.3 is 26.2 Å². The molecule has 5 N–H and O–H groups in total. The second-order valence-electron chi connectivity index (χ2n) is 8.55. The fourth-order valence-corrected chi connectivity index (χ4v) is 4.31. The number of primary amides is 1. The molecule has 0 radical (unpaired) electrons. The minimum atomic E-state index is -1.25. The molecule has 9 heteroatoms. The number of halogens is 1. The molecular weight excluding hydrogens is 377 g/mol. The van der Waals surface area contributed by atoms with E-state index in [1.165, 1.54) is 13.1 Å². The molecule has 8 nitrogen and oxygen atoms in total. The lowest BCUT2D eigenvalue weighted by atomic mass is 9.83. The van der Waals surface area contributed by atoms with Crippen LogP contribution in [-0.2, 0) is 4.74 Å². The highest BCUT2D eigenvalue weighted by Gasteiger charge is 2.31. The smallest absolute Gasteiger partial charge is 0.254 e. The maximum atomic E-state index is 13.0. The van der Waals surface area contributed by atoms with Gasteiger partial charge in [0.2, 0.25) is 5.95 Å². The number of rotatable bonds is 7. The van der Waals surface area contributed by atoms with Gasteiger partial charge in [-0.3, -0.25) is 4.79 Å². The first-order chi connectivity index (χ1) is 13.7. The summed E-state index contributed by atoms with van der Waals surface area (Å²) >= 11 is 0. The van der Waals surface area contributed by atoms with E-state index in [-0.39, 0.29) is 23.8 Å². The van der Waals surface area contributed by atoms with E-state index in [0.29, 0.717) is 18.2 Å². The van der Waals surface area contributed by atoms with Gasteiger partial charge in [0.05, 0.1) is 17.3 Å². The molecule has 0 bridgehead atoms. The zero-order chi connectivity index (χ0) is 21.0. The van der Waals surface area contributed by atoms with Crippen LogP contribution in [0.4, 0.5) is 16.2 Å². The van der Waals surface area contributed by atoms with Crippen molar-refractivity contribution in [3.63, 3.8) is 0 Å². The van der Waals surface area contributed by atoms with Gasteiger partial charge >= 0.3 is 0 Å². The topological polar surface area (TPSA) is 122 Å². The molecule has 1 aromatic rings. The van der Waals surface area contributed by atoms with E-state index >= 15 is 0 Å². The van der Waals surface area contributed by atoms with E-state index < -0.39 is 17.9 Å². The molecule has 2 aliphatic carbocycles. The van der Waals surface area contributed by atoms with Gasteiger partial charge in [0.1, 0.15) is 5.82 Å². The standard InChI is InChI=1S/C20H32FN5O3/c1-12(21)29-15-7-5-13(6-8-15)25-19-23-11-16(17(22)27)18(26-19)24-14-4-3-9-20(2,28)10-14/h11-15,28H,3-10H2,1-2H3,(H2,22,27)(H2,23,24,25,26)/t12?,13?,14-,15?,20+/m1/s1. The quantitative estimate of drug-likeness (QED) is 0.546. The van der Waals surface area contributed by atoms with Crippen LogP contribution in [0.25, 0.3) is 0 Å². The molecule has 0 spiro atoms. The van der Waals surface area contributed by atoms with Gasteiger partial charge in [-0.1, -0.05) is 0 Å². The lowest BCUT2D eigenvalue weighted by molar-refractivity contribution is -0.0862. The highest BCUT2D eigenvalue weighted by Crippen LogP contribution is 2.30. The van der Waals surface area contributed by atoms with Crippen LogP contribution >= 0.6 is 0 Å². The Morgan fingerprint density at radius 3 is 2.66 bits per heavy atom. The Bertz CT molecular complexity index is 707. The predicted molar refractivity (Wildman–Crippen MR) is 108 cm³/mol. The fourth-order valence-electron chi connectivity index (χ4n) is 4.31. The van der Waals surface area contributed by atoms with Crippen LogP contribution in [0.5, 0.6) is 0 Å². The van der Waals surface area contributed by atoms with Crippen LogP contribution in [0.1, 0.15) is 75.6 Å². The van der Waals surface area contributed by atoms with Crippen LogP contribution in [0.2, 0.25) is 0 Å². The number of anilines is 2. The number of amides is 1. The average molecular weight is 410 g/mol. The third kappa shape index (κ3) is 6.24. The van der Waals surface area contributed by atoms with E-state index in [1.54, 1.807) is 0 Å². The molecule has 2 fully saturated rings. The highest BCUT2D eigenvalue weighted by atomic mass is 19.1. The van der Waals surface area contributed by atoms with Gasteiger partial charge in [-0.25, -0.2) is 9.37 Å². The molecule has 2 aliphatic rings. The van der Waals surface area contributed by atoms with E-state index in [9.17, 15) is 14.3 Å². The van der Waals surface area contributed by atoms with Crippen LogP contribution in [0.15, 0.2) is 6.20 Å². The van der Waals surface area contributed by atoms with Gasteiger partial charge in [0, 0.05) is 18.3 Å². The summed E-state index contributed by atoms with van der Waals surface area (Å²) in [6.45, 7) is 3.23. The number of hydrogen-bond acceptors (Lipinski definition) is 7. The first-order valence-electron chi connectivity index (χ1n) is 10.4. The molecule has 3 rings (SSSR count). The number of alkyl halides is 1. The summed E-state index contributed by atoms with van der Waals surface area (Å²) < 4.78 is 18.2. The molecular formula is C20H32FN5O3. The number of aromatic nitrogens is 2. The molecule has 2 saturated carbocycles. The Balaban J connectivity index is 1.65. The lowest BCUT2D eigenvalue weighted by Crippen LogP contribution is -2.38. The second kappa shape index (κ2) is 9.21. The second-order valence-corrected chi connectivity index (χ2v) is 8.55. The van der Waals surface area contributed by atoms with Crippen molar-refractivity contribution in [2.45, 2.75) is 95.4 Å². The normalized spacial score (nSPS) is 31.1. The molecule has 0 aromatic carbocycles. The van der Waals surface area contributed by atoms with Crippen molar-refractivity contribution < 1.29 is 19.0 Å². The minimum absolute atomic E-state index is 0.00915. The predicted octanol–water partition coefficient (Wildman–Crippen LogP) is 2.74. The summed E-state index contributed by atoms with van der Waals surface area (Å²) in [5, 5.41) is 16.9. The monoisotopic (exact) mass is 409 g/mol. The Kier molecular flexibility index (Phi) is 6.89. The maximum absolute atomic E-state index is 13.0. The average Bonchev–Trinajstić information content (AvgIpc) is 2.62. The lowest BCUT2D eigenvalue weighted by Gasteiger charge is -2.34. The molecule has 1 aromatic heterocycles.